The molecule has 156 valence electrons. The summed E-state index contributed by atoms with van der Waals surface area (Å²) in [4.78, 5) is 27.8. The van der Waals surface area contributed by atoms with E-state index >= 15 is 0 Å². The number of aromatic nitrogens is 4. The van der Waals surface area contributed by atoms with Crippen LogP contribution in [-0.2, 0) is 17.8 Å². The van der Waals surface area contributed by atoms with Crippen molar-refractivity contribution in [2.45, 2.75) is 45.1 Å². The van der Waals surface area contributed by atoms with Crippen LogP contribution in [0.3, 0.4) is 0 Å². The topological polar surface area (TPSA) is 105 Å². The lowest BCUT2D eigenvalue weighted by atomic mass is 9.92. The third-order valence-electron chi connectivity index (χ3n) is 5.40. The number of nitrogens with zero attached hydrogens (tertiary/aromatic N) is 5. The monoisotopic (exact) mass is 407 g/mol. The molecular formula is C22H25N5O3. The van der Waals surface area contributed by atoms with E-state index in [4.69, 9.17) is 4.52 Å². The van der Waals surface area contributed by atoms with Gasteiger partial charge >= 0.3 is 0 Å². The highest BCUT2D eigenvalue weighted by atomic mass is 16.5. The van der Waals surface area contributed by atoms with Crippen LogP contribution >= 0.6 is 0 Å². The zero-order valence-corrected chi connectivity index (χ0v) is 17.0. The minimum atomic E-state index is -0.0963. The molecule has 0 spiro atoms. The molecule has 1 N–H and O–H groups in total. The first-order valence-electron chi connectivity index (χ1n) is 10.2. The Morgan fingerprint density at radius 1 is 1.27 bits per heavy atom. The Kier molecular flexibility index (Phi) is 6.13. The molecule has 1 atom stereocenters. The maximum Gasteiger partial charge on any atom is 0.227 e. The maximum absolute atomic E-state index is 12.8. The summed E-state index contributed by atoms with van der Waals surface area (Å²) >= 11 is 0. The van der Waals surface area contributed by atoms with Crippen molar-refractivity contribution in [3.05, 3.63) is 59.5 Å². The number of carbonyl (C=O) groups is 1. The first-order valence-corrected chi connectivity index (χ1v) is 10.2. The van der Waals surface area contributed by atoms with Crippen LogP contribution in [0.2, 0.25) is 0 Å². The summed E-state index contributed by atoms with van der Waals surface area (Å²) in [6, 6.07) is 9.61. The van der Waals surface area contributed by atoms with Gasteiger partial charge in [-0.3, -0.25) is 4.79 Å². The second kappa shape index (κ2) is 9.13. The van der Waals surface area contributed by atoms with Gasteiger partial charge in [0.25, 0.3) is 0 Å². The fourth-order valence-electron chi connectivity index (χ4n) is 3.85. The smallest absolute Gasteiger partial charge is 0.227 e. The standard InChI is InChI=1S/C22H25N5O3/c1-15-23-12-18(14-28)21(24-15)17-8-5-11-27(13-17)20(29)10-9-19-25-22(26-30-19)16-6-3-2-4-7-16/h2-4,6-7,12,17,28H,5,8-11,13-14H2,1H3. The van der Waals surface area contributed by atoms with Crippen molar-refractivity contribution in [2.75, 3.05) is 13.1 Å². The van der Waals surface area contributed by atoms with Gasteiger partial charge in [0.2, 0.25) is 17.6 Å². The molecule has 1 aliphatic rings. The van der Waals surface area contributed by atoms with Crippen molar-refractivity contribution in [1.82, 2.24) is 25.0 Å². The molecule has 0 saturated carbocycles. The van der Waals surface area contributed by atoms with Crippen LogP contribution in [-0.4, -0.2) is 49.1 Å². The van der Waals surface area contributed by atoms with E-state index in [0.717, 1.165) is 36.2 Å². The number of amides is 1. The van der Waals surface area contributed by atoms with Gasteiger partial charge in [-0.2, -0.15) is 4.98 Å². The van der Waals surface area contributed by atoms with Crippen molar-refractivity contribution in [2.24, 2.45) is 0 Å². The van der Waals surface area contributed by atoms with Crippen LogP contribution < -0.4 is 0 Å². The summed E-state index contributed by atoms with van der Waals surface area (Å²) in [7, 11) is 0. The van der Waals surface area contributed by atoms with Gasteiger partial charge in [-0.05, 0) is 19.8 Å². The van der Waals surface area contributed by atoms with Crippen LogP contribution in [0, 0.1) is 6.92 Å². The van der Waals surface area contributed by atoms with E-state index in [2.05, 4.69) is 20.1 Å². The van der Waals surface area contributed by atoms with Crippen molar-refractivity contribution in [3.63, 3.8) is 0 Å². The second-order valence-corrected chi connectivity index (χ2v) is 7.54. The molecular weight excluding hydrogens is 382 g/mol. The zero-order chi connectivity index (χ0) is 20.9. The van der Waals surface area contributed by atoms with Gasteiger partial charge in [-0.15, -0.1) is 0 Å². The molecule has 0 aliphatic carbocycles. The van der Waals surface area contributed by atoms with Gasteiger partial charge in [0.15, 0.2) is 0 Å². The number of hydrogen-bond donors (Lipinski definition) is 1. The molecule has 3 heterocycles. The summed E-state index contributed by atoms with van der Waals surface area (Å²) in [6.45, 7) is 3.07. The molecule has 0 bridgehead atoms. The SMILES string of the molecule is Cc1ncc(CO)c(C2CCCN(C(=O)CCc3nc(-c4ccccc4)no3)C2)n1. The molecule has 4 rings (SSSR count). The van der Waals surface area contributed by atoms with E-state index in [1.54, 1.807) is 6.20 Å². The summed E-state index contributed by atoms with van der Waals surface area (Å²) in [5, 5.41) is 13.6. The van der Waals surface area contributed by atoms with E-state index in [1.807, 2.05) is 42.2 Å². The quantitative estimate of drug-likeness (QED) is 0.670. The number of piperidine rings is 1. The highest BCUT2D eigenvalue weighted by Crippen LogP contribution is 2.28. The average Bonchev–Trinajstić information content (AvgIpc) is 3.27. The predicted molar refractivity (Wildman–Crippen MR) is 109 cm³/mol. The zero-order valence-electron chi connectivity index (χ0n) is 17.0. The van der Waals surface area contributed by atoms with E-state index in [9.17, 15) is 9.90 Å². The van der Waals surface area contributed by atoms with Gasteiger partial charge in [-0.25, -0.2) is 9.97 Å². The normalized spacial score (nSPS) is 16.6. The number of benzene rings is 1. The Bertz CT molecular complexity index is 1010. The second-order valence-electron chi connectivity index (χ2n) is 7.54. The molecule has 3 aromatic rings. The minimum Gasteiger partial charge on any atom is -0.392 e. The van der Waals surface area contributed by atoms with Crippen LogP contribution in [0.15, 0.2) is 41.1 Å². The molecule has 30 heavy (non-hydrogen) atoms. The highest BCUT2D eigenvalue weighted by molar-refractivity contribution is 5.76. The molecule has 1 aromatic carbocycles. The Balaban J connectivity index is 1.37. The summed E-state index contributed by atoms with van der Waals surface area (Å²) < 4.78 is 5.31. The van der Waals surface area contributed by atoms with E-state index < -0.39 is 0 Å². The molecule has 1 fully saturated rings. The Hall–Kier alpha value is -3.13. The number of hydrogen-bond acceptors (Lipinski definition) is 7. The van der Waals surface area contributed by atoms with Crippen molar-refractivity contribution < 1.29 is 14.4 Å². The largest absolute Gasteiger partial charge is 0.392 e. The van der Waals surface area contributed by atoms with Crippen molar-refractivity contribution in [3.8, 4) is 11.4 Å². The summed E-state index contributed by atoms with van der Waals surface area (Å²) in [5.74, 6) is 1.85. The van der Waals surface area contributed by atoms with Crippen LogP contribution in [0.1, 0.15) is 48.2 Å². The number of rotatable bonds is 6. The Morgan fingerprint density at radius 3 is 2.90 bits per heavy atom. The molecule has 1 amide bonds. The Morgan fingerprint density at radius 2 is 2.10 bits per heavy atom. The third-order valence-corrected chi connectivity index (χ3v) is 5.40. The number of aliphatic hydroxyl groups excluding tert-OH is 1. The van der Waals surface area contributed by atoms with E-state index in [0.29, 0.717) is 36.9 Å². The van der Waals surface area contributed by atoms with E-state index in [1.165, 1.54) is 0 Å². The fourth-order valence-corrected chi connectivity index (χ4v) is 3.85. The molecule has 8 nitrogen and oxygen atoms in total. The van der Waals surface area contributed by atoms with Crippen molar-refractivity contribution >= 4 is 5.91 Å². The molecule has 2 aromatic heterocycles. The van der Waals surface area contributed by atoms with Crippen molar-refractivity contribution in [1.29, 1.82) is 0 Å². The number of carbonyl (C=O) groups excluding carboxylic acids is 1. The van der Waals surface area contributed by atoms with Crippen LogP contribution in [0.25, 0.3) is 11.4 Å². The van der Waals surface area contributed by atoms with Gasteiger partial charge < -0.3 is 14.5 Å². The summed E-state index contributed by atoms with van der Waals surface area (Å²) in [5.41, 5.74) is 2.48. The minimum absolute atomic E-state index is 0.0653. The van der Waals surface area contributed by atoms with Gasteiger partial charge in [0.1, 0.15) is 5.82 Å². The number of likely N-dealkylation sites (tertiary alicyclic amines) is 1. The molecule has 1 aliphatic heterocycles. The van der Waals surface area contributed by atoms with Crippen LogP contribution in [0.5, 0.6) is 0 Å². The van der Waals surface area contributed by atoms with E-state index in [-0.39, 0.29) is 18.4 Å². The first kappa shape index (κ1) is 20.2. The van der Waals surface area contributed by atoms with Gasteiger partial charge in [0, 0.05) is 49.2 Å². The summed E-state index contributed by atoms with van der Waals surface area (Å²) in [6.07, 6.45) is 4.26. The van der Waals surface area contributed by atoms with Gasteiger partial charge in [-0.1, -0.05) is 35.5 Å². The highest BCUT2D eigenvalue weighted by Gasteiger charge is 2.27. The lowest BCUT2D eigenvalue weighted by Gasteiger charge is -2.33. The molecule has 1 unspecified atom stereocenters. The predicted octanol–water partition coefficient (Wildman–Crippen LogP) is 2.67. The molecule has 0 radical (unpaired) electrons. The third kappa shape index (κ3) is 4.54. The molecule has 8 heteroatoms. The Labute approximate surface area is 175 Å². The number of aliphatic hydroxyl groups is 1. The lowest BCUT2D eigenvalue weighted by Crippen LogP contribution is -2.39. The molecule has 1 saturated heterocycles. The van der Waals surface area contributed by atoms with Gasteiger partial charge in [0.05, 0.1) is 12.3 Å². The first-order chi connectivity index (χ1) is 14.6. The maximum atomic E-state index is 12.8. The number of aryl methyl sites for hydroxylation is 2. The lowest BCUT2D eigenvalue weighted by molar-refractivity contribution is -0.132. The average molecular weight is 407 g/mol. The van der Waals surface area contributed by atoms with Crippen LogP contribution in [0.4, 0.5) is 0 Å². The fraction of sp³-hybridized carbons (Fsp3) is 0.409.